The average Bonchev–Trinajstić information content (AvgIpc) is 2.68. The van der Waals surface area contributed by atoms with Gasteiger partial charge in [0.1, 0.15) is 5.75 Å². The Kier molecular flexibility index (Phi) is 7.62. The molecule has 0 saturated heterocycles. The summed E-state index contributed by atoms with van der Waals surface area (Å²) in [5.41, 5.74) is 0.343. The molecule has 0 spiro atoms. The highest BCUT2D eigenvalue weighted by Crippen LogP contribution is 2.34. The van der Waals surface area contributed by atoms with Gasteiger partial charge >= 0.3 is 0 Å². The van der Waals surface area contributed by atoms with Gasteiger partial charge in [0.25, 0.3) is 11.6 Å². The van der Waals surface area contributed by atoms with Gasteiger partial charge in [-0.2, -0.15) is 0 Å². The predicted molar refractivity (Wildman–Crippen MR) is 107 cm³/mol. The number of nitro groups is 1. The number of nitrogens with one attached hydrogen (secondary N) is 1. The van der Waals surface area contributed by atoms with Gasteiger partial charge < -0.3 is 19.5 Å². The van der Waals surface area contributed by atoms with Gasteiger partial charge in [0.15, 0.2) is 17.6 Å². The summed E-state index contributed by atoms with van der Waals surface area (Å²) in [6, 6.07) is 9.99. The number of methoxy groups -OCH3 is 2. The molecule has 1 N–H and O–H groups in total. The van der Waals surface area contributed by atoms with Crippen molar-refractivity contribution in [1.29, 1.82) is 0 Å². The van der Waals surface area contributed by atoms with Gasteiger partial charge in [0, 0.05) is 16.6 Å². The molecule has 1 unspecified atom stereocenters. The fourth-order valence-electron chi connectivity index (χ4n) is 2.52. The fourth-order valence-corrected chi connectivity index (χ4v) is 2.78. The van der Waals surface area contributed by atoms with Crippen molar-refractivity contribution in [2.45, 2.75) is 19.4 Å². The van der Waals surface area contributed by atoms with Crippen LogP contribution < -0.4 is 19.5 Å². The minimum atomic E-state index is -0.707. The minimum absolute atomic E-state index is 0.0916. The molecule has 150 valence electrons. The molecule has 0 aliphatic heterocycles. The number of carbonyl (C=O) groups is 1. The lowest BCUT2D eigenvalue weighted by molar-refractivity contribution is -0.385. The van der Waals surface area contributed by atoms with E-state index in [0.29, 0.717) is 17.1 Å². The zero-order chi connectivity index (χ0) is 20.7. The average molecular weight is 453 g/mol. The number of halogens is 1. The van der Waals surface area contributed by atoms with Crippen LogP contribution in [0.25, 0.3) is 0 Å². The van der Waals surface area contributed by atoms with E-state index in [4.69, 9.17) is 14.2 Å². The van der Waals surface area contributed by atoms with Crippen molar-refractivity contribution in [3.8, 4) is 17.2 Å². The maximum atomic E-state index is 12.2. The molecule has 1 amide bonds. The number of nitrogens with zero attached hydrogens (tertiary/aromatic N) is 1. The van der Waals surface area contributed by atoms with Crippen LogP contribution in [0.15, 0.2) is 40.9 Å². The van der Waals surface area contributed by atoms with Crippen molar-refractivity contribution < 1.29 is 23.9 Å². The van der Waals surface area contributed by atoms with E-state index in [1.807, 2.05) is 12.1 Å². The highest BCUT2D eigenvalue weighted by molar-refractivity contribution is 9.10. The summed E-state index contributed by atoms with van der Waals surface area (Å²) >= 11 is 3.33. The van der Waals surface area contributed by atoms with Crippen LogP contribution in [0, 0.1) is 10.1 Å². The van der Waals surface area contributed by atoms with Gasteiger partial charge in [-0.3, -0.25) is 14.9 Å². The molecule has 0 fully saturated rings. The fraction of sp³-hybridized carbons (Fsp3) is 0.316. The van der Waals surface area contributed by atoms with E-state index in [1.165, 1.54) is 20.3 Å². The third-order valence-corrected chi connectivity index (χ3v) is 4.50. The first-order valence-electron chi connectivity index (χ1n) is 8.45. The topological polar surface area (TPSA) is 99.9 Å². The SMILES string of the molecule is COc1cc(CCNC(=O)C(C)Oc2ccc(Br)cc2)c([N+](=O)[O-])cc1OC. The minimum Gasteiger partial charge on any atom is -0.493 e. The second-order valence-electron chi connectivity index (χ2n) is 5.85. The monoisotopic (exact) mass is 452 g/mol. The first-order valence-corrected chi connectivity index (χ1v) is 9.24. The van der Waals surface area contributed by atoms with Gasteiger partial charge in [-0.05, 0) is 43.7 Å². The number of nitro benzene ring substituents is 1. The third-order valence-electron chi connectivity index (χ3n) is 3.97. The van der Waals surface area contributed by atoms with Crippen LogP contribution in [-0.4, -0.2) is 37.7 Å². The normalized spacial score (nSPS) is 11.4. The zero-order valence-corrected chi connectivity index (χ0v) is 17.3. The van der Waals surface area contributed by atoms with Crippen LogP contribution in [0.5, 0.6) is 17.2 Å². The molecule has 0 aliphatic carbocycles. The van der Waals surface area contributed by atoms with Crippen molar-refractivity contribution in [2.24, 2.45) is 0 Å². The number of hydrogen-bond acceptors (Lipinski definition) is 6. The third kappa shape index (κ3) is 5.59. The van der Waals surface area contributed by atoms with Gasteiger partial charge in [0.2, 0.25) is 0 Å². The lowest BCUT2D eigenvalue weighted by atomic mass is 10.1. The number of ether oxygens (including phenoxy) is 3. The predicted octanol–water partition coefficient (Wildman–Crippen LogP) is 3.50. The van der Waals surface area contributed by atoms with Gasteiger partial charge in [0.05, 0.1) is 25.2 Å². The van der Waals surface area contributed by atoms with Crippen molar-refractivity contribution in [3.05, 3.63) is 56.5 Å². The zero-order valence-electron chi connectivity index (χ0n) is 15.7. The quantitative estimate of drug-likeness (QED) is 0.461. The molecule has 0 radical (unpaired) electrons. The van der Waals surface area contributed by atoms with Crippen LogP contribution in [0.2, 0.25) is 0 Å². The van der Waals surface area contributed by atoms with Crippen LogP contribution in [0.3, 0.4) is 0 Å². The summed E-state index contributed by atoms with van der Waals surface area (Å²) in [6.07, 6.45) is -0.450. The molecule has 0 heterocycles. The molecule has 0 aliphatic rings. The Hall–Kier alpha value is -2.81. The number of amides is 1. The van der Waals surface area contributed by atoms with Gasteiger partial charge in [-0.25, -0.2) is 0 Å². The van der Waals surface area contributed by atoms with Crippen molar-refractivity contribution >= 4 is 27.5 Å². The van der Waals surface area contributed by atoms with Gasteiger partial charge in [-0.15, -0.1) is 0 Å². The molecular weight excluding hydrogens is 432 g/mol. The summed E-state index contributed by atoms with van der Waals surface area (Å²) in [6.45, 7) is 1.85. The standard InChI is InChI=1S/C19H21BrN2O6/c1-12(28-15-6-4-14(20)5-7-15)19(23)21-9-8-13-10-17(26-2)18(27-3)11-16(13)22(24)25/h4-7,10-12H,8-9H2,1-3H3,(H,21,23). The Morgan fingerprint density at radius 2 is 1.79 bits per heavy atom. The molecule has 1 atom stereocenters. The molecular formula is C19H21BrN2O6. The second-order valence-corrected chi connectivity index (χ2v) is 6.76. The summed E-state index contributed by atoms with van der Waals surface area (Å²) in [4.78, 5) is 23.1. The second kappa shape index (κ2) is 9.93. The lowest BCUT2D eigenvalue weighted by Gasteiger charge is -2.15. The van der Waals surface area contributed by atoms with E-state index >= 15 is 0 Å². The van der Waals surface area contributed by atoms with Gasteiger partial charge in [-0.1, -0.05) is 15.9 Å². The van der Waals surface area contributed by atoms with E-state index in [9.17, 15) is 14.9 Å². The van der Waals surface area contributed by atoms with E-state index < -0.39 is 11.0 Å². The summed E-state index contributed by atoms with van der Waals surface area (Å²) in [5.74, 6) is 0.923. The van der Waals surface area contributed by atoms with E-state index in [0.717, 1.165) is 4.47 Å². The van der Waals surface area contributed by atoms with Crippen molar-refractivity contribution in [1.82, 2.24) is 5.32 Å². The largest absolute Gasteiger partial charge is 0.493 e. The van der Waals surface area contributed by atoms with E-state index in [2.05, 4.69) is 21.2 Å². The first kappa shape index (κ1) is 21.5. The Morgan fingerprint density at radius 1 is 1.18 bits per heavy atom. The number of rotatable bonds is 9. The molecule has 0 saturated carbocycles. The summed E-state index contributed by atoms with van der Waals surface area (Å²) in [7, 11) is 2.87. The molecule has 9 heteroatoms. The Balaban J connectivity index is 1.98. The van der Waals surface area contributed by atoms with Crippen LogP contribution in [0.1, 0.15) is 12.5 Å². The summed E-state index contributed by atoms with van der Waals surface area (Å²) in [5, 5.41) is 14.0. The highest BCUT2D eigenvalue weighted by Gasteiger charge is 2.20. The maximum Gasteiger partial charge on any atom is 0.276 e. The number of benzene rings is 2. The van der Waals surface area contributed by atoms with E-state index in [-0.39, 0.29) is 30.3 Å². The number of carbonyl (C=O) groups excluding carboxylic acids is 1. The highest BCUT2D eigenvalue weighted by atomic mass is 79.9. The van der Waals surface area contributed by atoms with Crippen molar-refractivity contribution in [3.63, 3.8) is 0 Å². The summed E-state index contributed by atoms with van der Waals surface area (Å²) < 4.78 is 16.8. The molecule has 0 aromatic heterocycles. The maximum absolute atomic E-state index is 12.2. The Labute approximate surface area is 171 Å². The molecule has 2 aromatic carbocycles. The molecule has 28 heavy (non-hydrogen) atoms. The van der Waals surface area contributed by atoms with Crippen LogP contribution >= 0.6 is 15.9 Å². The van der Waals surface area contributed by atoms with Crippen LogP contribution in [0.4, 0.5) is 5.69 Å². The lowest BCUT2D eigenvalue weighted by Crippen LogP contribution is -2.37. The molecule has 2 rings (SSSR count). The van der Waals surface area contributed by atoms with Crippen molar-refractivity contribution in [2.75, 3.05) is 20.8 Å². The smallest absolute Gasteiger partial charge is 0.276 e. The Morgan fingerprint density at radius 3 is 2.36 bits per heavy atom. The first-order chi connectivity index (χ1) is 13.3. The molecule has 2 aromatic rings. The molecule has 0 bridgehead atoms. The Bertz CT molecular complexity index is 841. The van der Waals surface area contributed by atoms with E-state index in [1.54, 1.807) is 25.1 Å². The molecule has 8 nitrogen and oxygen atoms in total. The number of hydrogen-bond donors (Lipinski definition) is 1. The van der Waals surface area contributed by atoms with Crippen LogP contribution in [-0.2, 0) is 11.2 Å².